The van der Waals surface area contributed by atoms with Gasteiger partial charge in [0.15, 0.2) is 0 Å². The van der Waals surface area contributed by atoms with Gasteiger partial charge in [0.2, 0.25) is 0 Å². The van der Waals surface area contributed by atoms with Crippen LogP contribution in [-0.4, -0.2) is 0 Å². The lowest BCUT2D eigenvalue weighted by atomic mass is 10.0. The Morgan fingerprint density at radius 1 is 0.857 bits per heavy atom. The Labute approximate surface area is 144 Å². The molecule has 110 valence electrons. The summed E-state index contributed by atoms with van der Waals surface area (Å²) in [6.45, 7) is 2.25. The van der Waals surface area contributed by atoms with Crippen LogP contribution in [-0.2, 0) is 6.42 Å². The Kier molecular flexibility index (Phi) is 6.72. The number of benzene rings is 2. The molecular formula is C19H20Br2. The lowest BCUT2D eigenvalue weighted by molar-refractivity contribution is 0.717. The quantitative estimate of drug-likeness (QED) is 0.445. The zero-order chi connectivity index (χ0) is 15.1. The van der Waals surface area contributed by atoms with Crippen LogP contribution >= 0.6 is 31.9 Å². The van der Waals surface area contributed by atoms with Crippen molar-refractivity contribution in [2.45, 2.75) is 32.6 Å². The third kappa shape index (κ3) is 5.44. The Morgan fingerprint density at radius 2 is 1.43 bits per heavy atom. The van der Waals surface area contributed by atoms with Crippen LogP contribution in [0.3, 0.4) is 0 Å². The van der Waals surface area contributed by atoms with Crippen molar-refractivity contribution < 1.29 is 0 Å². The normalized spacial score (nSPS) is 10.4. The van der Waals surface area contributed by atoms with Crippen molar-refractivity contribution in [2.24, 2.45) is 0 Å². The fourth-order valence-electron chi connectivity index (χ4n) is 2.34. The monoisotopic (exact) mass is 406 g/mol. The summed E-state index contributed by atoms with van der Waals surface area (Å²) < 4.78 is 0.958. The second-order valence-corrected chi connectivity index (χ2v) is 7.98. The minimum atomic E-state index is 0.958. The molecule has 2 aromatic rings. The lowest BCUT2D eigenvalue weighted by Crippen LogP contribution is -1.86. The molecule has 0 spiro atoms. The summed E-state index contributed by atoms with van der Waals surface area (Å²) in [5.74, 6) is 0. The first kappa shape index (κ1) is 16.5. The number of hydrogen-bond acceptors (Lipinski definition) is 0. The maximum Gasteiger partial charge on any atom is 0.0610 e. The molecule has 0 fully saturated rings. The smallest absolute Gasteiger partial charge is 0.0610 e. The number of hydrogen-bond donors (Lipinski definition) is 0. The molecule has 0 aliphatic rings. The van der Waals surface area contributed by atoms with Gasteiger partial charge in [-0.15, -0.1) is 0 Å². The van der Waals surface area contributed by atoms with Crippen molar-refractivity contribution in [3.63, 3.8) is 0 Å². The highest BCUT2D eigenvalue weighted by atomic mass is 79.9. The molecule has 0 nitrogen and oxygen atoms in total. The van der Waals surface area contributed by atoms with Gasteiger partial charge >= 0.3 is 0 Å². The predicted molar refractivity (Wildman–Crippen MR) is 101 cm³/mol. The molecule has 0 amide bonds. The summed E-state index contributed by atoms with van der Waals surface area (Å²) in [6.07, 6.45) is 7.12. The molecule has 0 saturated heterocycles. The summed E-state index contributed by atoms with van der Waals surface area (Å²) in [5, 5.41) is 0. The van der Waals surface area contributed by atoms with E-state index in [4.69, 9.17) is 0 Å². The standard InChI is InChI=1S/C19H20Br2/c1-2-3-4-5-15-6-10-17(11-7-15)18-12-8-16(9-13-18)14-19(20)21/h6-14H,2-5H2,1H3. The summed E-state index contributed by atoms with van der Waals surface area (Å²) in [5.41, 5.74) is 5.16. The molecule has 2 aromatic carbocycles. The molecule has 0 bridgehead atoms. The van der Waals surface area contributed by atoms with E-state index in [9.17, 15) is 0 Å². The molecule has 0 unspecified atom stereocenters. The molecule has 0 heterocycles. The van der Waals surface area contributed by atoms with Crippen LogP contribution in [0.4, 0.5) is 0 Å². The van der Waals surface area contributed by atoms with E-state index in [0.717, 1.165) is 3.39 Å². The van der Waals surface area contributed by atoms with E-state index in [1.54, 1.807) is 0 Å². The molecule has 2 rings (SSSR count). The van der Waals surface area contributed by atoms with E-state index < -0.39 is 0 Å². The molecule has 0 atom stereocenters. The Balaban J connectivity index is 2.06. The predicted octanol–water partition coefficient (Wildman–Crippen LogP) is 7.17. The number of aryl methyl sites for hydroxylation is 1. The average molecular weight is 408 g/mol. The first-order valence-corrected chi connectivity index (χ1v) is 8.99. The van der Waals surface area contributed by atoms with Crippen molar-refractivity contribution in [2.75, 3.05) is 0 Å². The maximum absolute atomic E-state index is 3.39. The fourth-order valence-corrected chi connectivity index (χ4v) is 2.87. The van der Waals surface area contributed by atoms with E-state index in [1.807, 2.05) is 6.08 Å². The minimum absolute atomic E-state index is 0.958. The number of unbranched alkanes of at least 4 members (excludes halogenated alkanes) is 2. The van der Waals surface area contributed by atoms with Gasteiger partial charge in [-0.25, -0.2) is 0 Å². The molecular weight excluding hydrogens is 388 g/mol. The zero-order valence-corrected chi connectivity index (χ0v) is 15.5. The lowest BCUT2D eigenvalue weighted by Gasteiger charge is -2.05. The second-order valence-electron chi connectivity index (χ2n) is 5.21. The molecule has 21 heavy (non-hydrogen) atoms. The minimum Gasteiger partial charge on any atom is -0.0654 e. The molecule has 2 heteroatoms. The highest BCUT2D eigenvalue weighted by Gasteiger charge is 1.99. The van der Waals surface area contributed by atoms with Gasteiger partial charge in [0, 0.05) is 0 Å². The number of rotatable bonds is 6. The summed E-state index contributed by atoms with van der Waals surface area (Å²) in [6, 6.07) is 17.6. The van der Waals surface area contributed by atoms with Gasteiger partial charge < -0.3 is 0 Å². The molecule has 0 aliphatic carbocycles. The van der Waals surface area contributed by atoms with Crippen molar-refractivity contribution in [1.29, 1.82) is 0 Å². The first-order chi connectivity index (χ1) is 10.2. The van der Waals surface area contributed by atoms with Crippen LogP contribution in [0.5, 0.6) is 0 Å². The Hall–Kier alpha value is -0.860. The van der Waals surface area contributed by atoms with E-state index in [2.05, 4.69) is 87.3 Å². The topological polar surface area (TPSA) is 0 Å². The van der Waals surface area contributed by atoms with Gasteiger partial charge in [-0.2, -0.15) is 0 Å². The molecule has 0 radical (unpaired) electrons. The van der Waals surface area contributed by atoms with Crippen molar-refractivity contribution in [3.05, 3.63) is 63.0 Å². The van der Waals surface area contributed by atoms with Crippen molar-refractivity contribution in [3.8, 4) is 11.1 Å². The molecule has 0 aromatic heterocycles. The number of halogens is 2. The third-order valence-corrected chi connectivity index (χ3v) is 4.00. The van der Waals surface area contributed by atoms with Crippen LogP contribution in [0.2, 0.25) is 0 Å². The van der Waals surface area contributed by atoms with Crippen LogP contribution in [0.15, 0.2) is 51.9 Å². The SMILES string of the molecule is CCCCCc1ccc(-c2ccc(C=C(Br)Br)cc2)cc1. The Morgan fingerprint density at radius 3 is 1.95 bits per heavy atom. The van der Waals surface area contributed by atoms with Crippen LogP contribution in [0, 0.1) is 0 Å². The highest BCUT2D eigenvalue weighted by molar-refractivity contribution is 9.28. The molecule has 0 N–H and O–H groups in total. The first-order valence-electron chi connectivity index (χ1n) is 7.41. The largest absolute Gasteiger partial charge is 0.0654 e. The van der Waals surface area contributed by atoms with Gasteiger partial charge in [0.05, 0.1) is 3.39 Å². The third-order valence-electron chi connectivity index (χ3n) is 3.54. The second kappa shape index (κ2) is 8.55. The van der Waals surface area contributed by atoms with Gasteiger partial charge in [0.1, 0.15) is 0 Å². The molecule has 0 aliphatic heterocycles. The van der Waals surface area contributed by atoms with Gasteiger partial charge in [-0.1, -0.05) is 68.3 Å². The van der Waals surface area contributed by atoms with Gasteiger partial charge in [-0.05, 0) is 73.0 Å². The average Bonchev–Trinajstić information content (AvgIpc) is 2.49. The van der Waals surface area contributed by atoms with E-state index in [0.29, 0.717) is 0 Å². The zero-order valence-electron chi connectivity index (χ0n) is 12.3. The molecule has 0 saturated carbocycles. The van der Waals surface area contributed by atoms with E-state index in [1.165, 1.54) is 47.9 Å². The van der Waals surface area contributed by atoms with Crippen molar-refractivity contribution in [1.82, 2.24) is 0 Å². The highest BCUT2D eigenvalue weighted by Crippen LogP contribution is 2.23. The van der Waals surface area contributed by atoms with Gasteiger partial charge in [0.25, 0.3) is 0 Å². The maximum atomic E-state index is 3.39. The Bertz CT molecular complexity index is 576. The van der Waals surface area contributed by atoms with Crippen LogP contribution in [0.25, 0.3) is 17.2 Å². The summed E-state index contributed by atoms with van der Waals surface area (Å²) in [4.78, 5) is 0. The van der Waals surface area contributed by atoms with E-state index in [-0.39, 0.29) is 0 Å². The van der Waals surface area contributed by atoms with Crippen LogP contribution < -0.4 is 0 Å². The van der Waals surface area contributed by atoms with Crippen LogP contribution in [0.1, 0.15) is 37.3 Å². The summed E-state index contributed by atoms with van der Waals surface area (Å²) in [7, 11) is 0. The van der Waals surface area contributed by atoms with Gasteiger partial charge in [-0.3, -0.25) is 0 Å². The fraction of sp³-hybridized carbons (Fsp3) is 0.263. The van der Waals surface area contributed by atoms with Crippen molar-refractivity contribution >= 4 is 37.9 Å². The summed E-state index contributed by atoms with van der Waals surface area (Å²) >= 11 is 6.77. The van der Waals surface area contributed by atoms with E-state index >= 15 is 0 Å².